The van der Waals surface area contributed by atoms with E-state index in [1.54, 1.807) is 18.2 Å². The molecule has 124 valence electrons. The summed E-state index contributed by atoms with van der Waals surface area (Å²) < 4.78 is 2.00. The number of aromatic nitrogens is 3. The lowest BCUT2D eigenvalue weighted by Crippen LogP contribution is -2.18. The number of amides is 1. The number of carbonyl (C=O) groups excluding carboxylic acids is 1. The summed E-state index contributed by atoms with van der Waals surface area (Å²) in [7, 11) is 1.96. The highest BCUT2D eigenvalue weighted by molar-refractivity contribution is 6.02. The van der Waals surface area contributed by atoms with Crippen molar-refractivity contribution >= 4 is 33.3 Å². The average Bonchev–Trinajstić information content (AvgIpc) is 3.00. The molecule has 0 saturated carbocycles. The second kappa shape index (κ2) is 5.90. The minimum Gasteiger partial charge on any atom is -0.350 e. The molecule has 0 aliphatic rings. The second-order valence-corrected chi connectivity index (χ2v) is 5.93. The number of rotatable bonds is 3. The van der Waals surface area contributed by atoms with Crippen LogP contribution in [0.2, 0.25) is 0 Å². The molecule has 0 aliphatic carbocycles. The van der Waals surface area contributed by atoms with Gasteiger partial charge in [-0.2, -0.15) is 5.10 Å². The monoisotopic (exact) mass is 332 g/mol. The van der Waals surface area contributed by atoms with Gasteiger partial charge in [-0.15, -0.1) is 0 Å². The van der Waals surface area contributed by atoms with E-state index < -0.39 is 0 Å². The molecule has 0 unspecified atom stereocenters. The zero-order chi connectivity index (χ0) is 17.4. The van der Waals surface area contributed by atoms with Gasteiger partial charge in [0.25, 0.3) is 5.56 Å². The van der Waals surface area contributed by atoms with E-state index in [1.165, 1.54) is 0 Å². The Morgan fingerprint density at radius 1 is 1.08 bits per heavy atom. The highest BCUT2D eigenvalue weighted by Gasteiger charge is 2.12. The van der Waals surface area contributed by atoms with Crippen LogP contribution in [0.15, 0.2) is 59.5 Å². The number of hydrogen-bond acceptors (Lipinski definition) is 3. The third-order valence-electron chi connectivity index (χ3n) is 4.30. The minimum atomic E-state index is -0.256. The molecule has 4 rings (SSSR count). The highest BCUT2D eigenvalue weighted by atomic mass is 16.1. The topological polar surface area (TPSA) is 79.8 Å². The summed E-state index contributed by atoms with van der Waals surface area (Å²) in [5.41, 5.74) is 2.10. The van der Waals surface area contributed by atoms with Crippen molar-refractivity contribution in [3.05, 3.63) is 70.8 Å². The number of H-pyrrole nitrogens is 1. The highest BCUT2D eigenvalue weighted by Crippen LogP contribution is 2.24. The molecule has 2 heterocycles. The number of carbonyl (C=O) groups is 1. The van der Waals surface area contributed by atoms with Gasteiger partial charge < -0.3 is 9.88 Å². The summed E-state index contributed by atoms with van der Waals surface area (Å²) in [5.74, 6) is -0.180. The summed E-state index contributed by atoms with van der Waals surface area (Å²) in [4.78, 5) is 24.3. The number of benzene rings is 2. The molecule has 1 amide bonds. The molecule has 0 saturated heterocycles. The summed E-state index contributed by atoms with van der Waals surface area (Å²) >= 11 is 0. The van der Waals surface area contributed by atoms with Crippen molar-refractivity contribution in [1.82, 2.24) is 14.8 Å². The molecule has 0 spiro atoms. The average molecular weight is 332 g/mol. The molecule has 25 heavy (non-hydrogen) atoms. The fourth-order valence-corrected chi connectivity index (χ4v) is 3.06. The summed E-state index contributed by atoms with van der Waals surface area (Å²) in [6, 6.07) is 14.9. The van der Waals surface area contributed by atoms with Crippen LogP contribution in [0.5, 0.6) is 0 Å². The van der Waals surface area contributed by atoms with Gasteiger partial charge in [0.15, 0.2) is 0 Å². The van der Waals surface area contributed by atoms with Crippen molar-refractivity contribution < 1.29 is 4.79 Å². The molecule has 0 atom stereocenters. The molecule has 2 N–H and O–H groups in total. The Kier molecular flexibility index (Phi) is 3.57. The Bertz CT molecular complexity index is 1160. The lowest BCUT2D eigenvalue weighted by atomic mass is 10.1. The minimum absolute atomic E-state index is 0.0838. The van der Waals surface area contributed by atoms with Crippen LogP contribution >= 0.6 is 0 Å². The molecule has 6 nitrogen and oxygen atoms in total. The summed E-state index contributed by atoms with van der Waals surface area (Å²) in [6.45, 7) is 0. The van der Waals surface area contributed by atoms with Crippen molar-refractivity contribution in [2.24, 2.45) is 7.05 Å². The molecular weight excluding hydrogens is 316 g/mol. The van der Waals surface area contributed by atoms with E-state index in [9.17, 15) is 9.59 Å². The number of aryl methyl sites for hydroxylation is 1. The lowest BCUT2D eigenvalue weighted by Gasteiger charge is -2.08. The van der Waals surface area contributed by atoms with Gasteiger partial charge in [-0.05, 0) is 24.3 Å². The molecule has 4 aromatic rings. The Labute approximate surface area is 143 Å². The molecular formula is C19H16N4O2. The third kappa shape index (κ3) is 2.67. The largest absolute Gasteiger partial charge is 0.350 e. The van der Waals surface area contributed by atoms with Gasteiger partial charge in [0.1, 0.15) is 0 Å². The van der Waals surface area contributed by atoms with Crippen molar-refractivity contribution in [1.29, 1.82) is 0 Å². The fraction of sp³-hybridized carbons (Fsp3) is 0.105. The van der Waals surface area contributed by atoms with Gasteiger partial charge in [-0.1, -0.05) is 24.3 Å². The van der Waals surface area contributed by atoms with Gasteiger partial charge in [0, 0.05) is 29.5 Å². The van der Waals surface area contributed by atoms with Gasteiger partial charge in [-0.25, -0.2) is 5.10 Å². The van der Waals surface area contributed by atoms with E-state index in [2.05, 4.69) is 15.5 Å². The predicted molar refractivity (Wildman–Crippen MR) is 97.6 cm³/mol. The van der Waals surface area contributed by atoms with Gasteiger partial charge in [0.2, 0.25) is 5.91 Å². The fourth-order valence-electron chi connectivity index (χ4n) is 3.06. The molecule has 0 fully saturated rings. The van der Waals surface area contributed by atoms with E-state index in [4.69, 9.17) is 0 Å². The Hall–Kier alpha value is -3.41. The van der Waals surface area contributed by atoms with Crippen LogP contribution in [0, 0.1) is 0 Å². The molecule has 2 aromatic carbocycles. The number of nitrogens with one attached hydrogen (secondary N) is 2. The Morgan fingerprint density at radius 3 is 2.72 bits per heavy atom. The molecule has 6 heteroatoms. The number of nitrogens with zero attached hydrogens (tertiary/aromatic N) is 2. The Morgan fingerprint density at radius 2 is 1.88 bits per heavy atom. The maximum absolute atomic E-state index is 12.5. The van der Waals surface area contributed by atoms with E-state index >= 15 is 0 Å². The second-order valence-electron chi connectivity index (χ2n) is 5.93. The maximum atomic E-state index is 12.5. The number of fused-ring (bicyclic) bond motifs is 2. The lowest BCUT2D eigenvalue weighted by molar-refractivity contribution is -0.115. The van der Waals surface area contributed by atoms with Crippen molar-refractivity contribution in [2.75, 3.05) is 5.32 Å². The van der Waals surface area contributed by atoms with E-state index in [1.807, 2.05) is 48.1 Å². The van der Waals surface area contributed by atoms with Gasteiger partial charge >= 0.3 is 0 Å². The van der Waals surface area contributed by atoms with Crippen LogP contribution < -0.4 is 10.9 Å². The van der Waals surface area contributed by atoms with E-state index in [0.717, 1.165) is 16.6 Å². The predicted octanol–water partition coefficient (Wildman–Crippen LogP) is 2.60. The van der Waals surface area contributed by atoms with Gasteiger partial charge in [0.05, 0.1) is 23.2 Å². The van der Waals surface area contributed by atoms with Crippen LogP contribution in [0.3, 0.4) is 0 Å². The van der Waals surface area contributed by atoms with Crippen molar-refractivity contribution in [2.45, 2.75) is 6.42 Å². The van der Waals surface area contributed by atoms with Crippen molar-refractivity contribution in [3.63, 3.8) is 0 Å². The standard InChI is InChI=1S/C19H16N4O2/c1-23-10-9-14-15(7-4-8-17(14)23)20-18(24)11-16-12-5-2-3-6-13(12)19(25)22-21-16/h2-10H,11H2,1H3,(H,20,24)(H,22,25). The number of aromatic amines is 1. The van der Waals surface area contributed by atoms with Crippen LogP contribution in [-0.2, 0) is 18.3 Å². The molecule has 0 aliphatic heterocycles. The maximum Gasteiger partial charge on any atom is 0.272 e. The zero-order valence-corrected chi connectivity index (χ0v) is 13.6. The molecule has 0 bridgehead atoms. The first kappa shape index (κ1) is 15.1. The molecule has 2 aromatic heterocycles. The van der Waals surface area contributed by atoms with Crippen LogP contribution in [-0.4, -0.2) is 20.7 Å². The smallest absolute Gasteiger partial charge is 0.272 e. The molecule has 0 radical (unpaired) electrons. The van der Waals surface area contributed by atoms with E-state index in [-0.39, 0.29) is 17.9 Å². The summed E-state index contributed by atoms with van der Waals surface area (Å²) in [5, 5.41) is 11.7. The summed E-state index contributed by atoms with van der Waals surface area (Å²) in [6.07, 6.45) is 2.04. The van der Waals surface area contributed by atoms with Crippen LogP contribution in [0.1, 0.15) is 5.69 Å². The first-order valence-electron chi connectivity index (χ1n) is 7.93. The van der Waals surface area contributed by atoms with Crippen LogP contribution in [0.25, 0.3) is 21.7 Å². The SMILES string of the molecule is Cn1ccc2c(NC(=O)Cc3n[nH]c(=O)c4ccccc34)cccc21. The Balaban J connectivity index is 1.65. The first-order chi connectivity index (χ1) is 12.1. The van der Waals surface area contributed by atoms with E-state index in [0.29, 0.717) is 16.5 Å². The number of anilines is 1. The van der Waals surface area contributed by atoms with Gasteiger partial charge in [-0.3, -0.25) is 9.59 Å². The third-order valence-corrected chi connectivity index (χ3v) is 4.30. The van der Waals surface area contributed by atoms with Crippen molar-refractivity contribution in [3.8, 4) is 0 Å². The quantitative estimate of drug-likeness (QED) is 0.605. The van der Waals surface area contributed by atoms with Crippen LogP contribution in [0.4, 0.5) is 5.69 Å². The normalized spacial score (nSPS) is 11.1. The zero-order valence-electron chi connectivity index (χ0n) is 13.6. The number of hydrogen-bond donors (Lipinski definition) is 2. The first-order valence-corrected chi connectivity index (χ1v) is 7.93.